The number of hydrogen-bond donors (Lipinski definition) is 2. The minimum atomic E-state index is -3.55. The first kappa shape index (κ1) is 17.9. The largest absolute Gasteiger partial charge is 0.497 e. The molecule has 1 aromatic heterocycles. The summed E-state index contributed by atoms with van der Waals surface area (Å²) in [5.41, 5.74) is 1.34. The fraction of sp³-hybridized carbons (Fsp3) is 0.176. The number of ether oxygens (including phenoxy) is 1. The molecule has 26 heavy (non-hydrogen) atoms. The average Bonchev–Trinajstić information content (AvgIpc) is 3.15. The standard InChI is InChI=1S/C17H18N4O4S/c1-18-26(22,23)15-9-4-3-6-13(15)11-19-17-20-16(21-25-17)12-7-5-8-14(10-12)24-2/h3-10,18H,11H2,1-2H3,(H,19,20,21). The van der Waals surface area contributed by atoms with Crippen LogP contribution in [-0.2, 0) is 16.6 Å². The van der Waals surface area contributed by atoms with E-state index in [-0.39, 0.29) is 17.5 Å². The summed E-state index contributed by atoms with van der Waals surface area (Å²) in [7, 11) is -0.594. The molecule has 9 heteroatoms. The van der Waals surface area contributed by atoms with Gasteiger partial charge in [-0.05, 0) is 30.8 Å². The van der Waals surface area contributed by atoms with E-state index < -0.39 is 10.0 Å². The topological polar surface area (TPSA) is 106 Å². The molecule has 3 aromatic rings. The third kappa shape index (κ3) is 3.84. The molecular formula is C17H18N4O4S. The summed E-state index contributed by atoms with van der Waals surface area (Å²) in [5.74, 6) is 1.09. The molecule has 8 nitrogen and oxygen atoms in total. The Morgan fingerprint density at radius 2 is 1.96 bits per heavy atom. The number of anilines is 1. The second-order valence-electron chi connectivity index (χ2n) is 5.32. The third-order valence-electron chi connectivity index (χ3n) is 3.71. The number of rotatable bonds is 7. The van der Waals surface area contributed by atoms with E-state index in [0.717, 1.165) is 5.56 Å². The molecule has 1 heterocycles. The summed E-state index contributed by atoms with van der Waals surface area (Å²) >= 11 is 0. The predicted molar refractivity (Wildman–Crippen MR) is 96.3 cm³/mol. The lowest BCUT2D eigenvalue weighted by atomic mass is 10.2. The molecule has 0 radical (unpaired) electrons. The summed E-state index contributed by atoms with van der Waals surface area (Å²) in [5, 5.41) is 6.88. The normalized spacial score (nSPS) is 11.3. The highest BCUT2D eigenvalue weighted by Gasteiger charge is 2.16. The van der Waals surface area contributed by atoms with Crippen LogP contribution in [0, 0.1) is 0 Å². The summed E-state index contributed by atoms with van der Waals surface area (Å²) in [6, 6.07) is 14.2. The van der Waals surface area contributed by atoms with Crippen LogP contribution in [0.15, 0.2) is 57.9 Å². The smallest absolute Gasteiger partial charge is 0.322 e. The maximum atomic E-state index is 12.1. The molecule has 0 spiro atoms. The average molecular weight is 374 g/mol. The molecule has 0 amide bonds. The van der Waals surface area contributed by atoms with Crippen molar-refractivity contribution in [2.45, 2.75) is 11.4 Å². The van der Waals surface area contributed by atoms with Crippen LogP contribution < -0.4 is 14.8 Å². The summed E-state index contributed by atoms with van der Waals surface area (Å²) in [6.45, 7) is 0.219. The van der Waals surface area contributed by atoms with Gasteiger partial charge in [-0.3, -0.25) is 0 Å². The van der Waals surface area contributed by atoms with E-state index in [0.29, 0.717) is 17.1 Å². The Morgan fingerprint density at radius 3 is 2.73 bits per heavy atom. The van der Waals surface area contributed by atoms with Crippen LogP contribution in [0.1, 0.15) is 5.56 Å². The van der Waals surface area contributed by atoms with E-state index in [1.165, 1.54) is 7.05 Å². The minimum Gasteiger partial charge on any atom is -0.497 e. The van der Waals surface area contributed by atoms with Crippen LogP contribution in [0.25, 0.3) is 11.4 Å². The van der Waals surface area contributed by atoms with Gasteiger partial charge in [0.05, 0.1) is 12.0 Å². The van der Waals surface area contributed by atoms with Gasteiger partial charge in [-0.15, -0.1) is 0 Å². The SMILES string of the molecule is CNS(=O)(=O)c1ccccc1CNc1nc(-c2cccc(OC)c2)no1. The van der Waals surface area contributed by atoms with E-state index in [2.05, 4.69) is 20.2 Å². The van der Waals surface area contributed by atoms with Crippen molar-refractivity contribution < 1.29 is 17.7 Å². The molecule has 0 atom stereocenters. The molecule has 2 aromatic carbocycles. The van der Waals surface area contributed by atoms with Crippen LogP contribution in [0.4, 0.5) is 6.01 Å². The number of aromatic nitrogens is 2. The van der Waals surface area contributed by atoms with Crippen LogP contribution >= 0.6 is 0 Å². The molecule has 0 fully saturated rings. The summed E-state index contributed by atoms with van der Waals surface area (Å²) < 4.78 is 36.8. The third-order valence-corrected chi connectivity index (χ3v) is 5.23. The van der Waals surface area contributed by atoms with E-state index in [1.54, 1.807) is 37.4 Å². The summed E-state index contributed by atoms with van der Waals surface area (Å²) in [6.07, 6.45) is 0. The van der Waals surface area contributed by atoms with Crippen molar-refractivity contribution in [3.05, 3.63) is 54.1 Å². The highest BCUT2D eigenvalue weighted by atomic mass is 32.2. The number of benzene rings is 2. The highest BCUT2D eigenvalue weighted by molar-refractivity contribution is 7.89. The second-order valence-corrected chi connectivity index (χ2v) is 7.18. The Hall–Kier alpha value is -2.91. The molecule has 0 aliphatic rings. The van der Waals surface area contributed by atoms with Crippen LogP contribution in [0.5, 0.6) is 5.75 Å². The van der Waals surface area contributed by atoms with Gasteiger partial charge < -0.3 is 14.6 Å². The van der Waals surface area contributed by atoms with E-state index in [9.17, 15) is 8.42 Å². The van der Waals surface area contributed by atoms with E-state index in [4.69, 9.17) is 9.26 Å². The Kier molecular flexibility index (Phi) is 5.19. The number of nitrogens with one attached hydrogen (secondary N) is 2. The Morgan fingerprint density at radius 1 is 1.15 bits per heavy atom. The quantitative estimate of drug-likeness (QED) is 0.653. The molecule has 0 aliphatic carbocycles. The van der Waals surface area contributed by atoms with Gasteiger partial charge in [0.15, 0.2) is 0 Å². The zero-order chi connectivity index (χ0) is 18.6. The Bertz CT molecular complexity index is 1000. The Balaban J connectivity index is 1.77. The lowest BCUT2D eigenvalue weighted by Crippen LogP contribution is -2.20. The maximum Gasteiger partial charge on any atom is 0.322 e. The number of hydrogen-bond acceptors (Lipinski definition) is 7. The van der Waals surface area contributed by atoms with Crippen molar-refractivity contribution in [2.24, 2.45) is 0 Å². The molecule has 0 unspecified atom stereocenters. The molecule has 0 saturated heterocycles. The number of sulfonamides is 1. The minimum absolute atomic E-state index is 0.194. The van der Waals surface area contributed by atoms with Crippen molar-refractivity contribution in [1.29, 1.82) is 0 Å². The fourth-order valence-electron chi connectivity index (χ4n) is 2.37. The lowest BCUT2D eigenvalue weighted by Gasteiger charge is -2.09. The monoisotopic (exact) mass is 374 g/mol. The molecule has 2 N–H and O–H groups in total. The lowest BCUT2D eigenvalue weighted by molar-refractivity contribution is 0.414. The molecule has 0 aliphatic heterocycles. The maximum absolute atomic E-state index is 12.1. The highest BCUT2D eigenvalue weighted by Crippen LogP contribution is 2.23. The van der Waals surface area contributed by atoms with Gasteiger partial charge in [0.2, 0.25) is 15.8 Å². The first-order chi connectivity index (χ1) is 12.5. The van der Waals surface area contributed by atoms with E-state index in [1.807, 2.05) is 18.2 Å². The van der Waals surface area contributed by atoms with Crippen LogP contribution in [-0.4, -0.2) is 32.7 Å². The van der Waals surface area contributed by atoms with Crippen LogP contribution in [0.3, 0.4) is 0 Å². The van der Waals surface area contributed by atoms with Crippen molar-refractivity contribution >= 4 is 16.0 Å². The van der Waals surface area contributed by atoms with Crippen molar-refractivity contribution in [1.82, 2.24) is 14.9 Å². The van der Waals surface area contributed by atoms with Gasteiger partial charge >= 0.3 is 6.01 Å². The van der Waals surface area contributed by atoms with Gasteiger partial charge in [-0.2, -0.15) is 4.98 Å². The van der Waals surface area contributed by atoms with Crippen LogP contribution in [0.2, 0.25) is 0 Å². The van der Waals surface area contributed by atoms with Gasteiger partial charge in [-0.25, -0.2) is 13.1 Å². The molecule has 0 bridgehead atoms. The van der Waals surface area contributed by atoms with Crippen molar-refractivity contribution in [3.8, 4) is 17.1 Å². The predicted octanol–water partition coefficient (Wildman–Crippen LogP) is 2.27. The van der Waals surface area contributed by atoms with Gasteiger partial charge in [0.1, 0.15) is 5.75 Å². The van der Waals surface area contributed by atoms with Crippen molar-refractivity contribution in [3.63, 3.8) is 0 Å². The molecule has 0 saturated carbocycles. The van der Waals surface area contributed by atoms with E-state index >= 15 is 0 Å². The molecule has 136 valence electrons. The second kappa shape index (κ2) is 7.54. The van der Waals surface area contributed by atoms with Gasteiger partial charge in [0.25, 0.3) is 0 Å². The fourth-order valence-corrected chi connectivity index (χ4v) is 3.33. The van der Waals surface area contributed by atoms with Crippen molar-refractivity contribution in [2.75, 3.05) is 19.5 Å². The first-order valence-corrected chi connectivity index (χ1v) is 9.25. The van der Waals surface area contributed by atoms with Gasteiger partial charge in [-0.1, -0.05) is 35.5 Å². The first-order valence-electron chi connectivity index (χ1n) is 7.77. The number of methoxy groups -OCH3 is 1. The summed E-state index contributed by atoms with van der Waals surface area (Å²) in [4.78, 5) is 4.47. The van der Waals surface area contributed by atoms with Gasteiger partial charge in [0, 0.05) is 12.1 Å². The number of nitrogens with zero attached hydrogens (tertiary/aromatic N) is 2. The molecular weight excluding hydrogens is 356 g/mol. The molecule has 3 rings (SSSR count). The zero-order valence-corrected chi connectivity index (χ0v) is 15.1. The Labute approximate surface area is 151 Å². The zero-order valence-electron chi connectivity index (χ0n) is 14.3.